The highest BCUT2D eigenvalue weighted by Gasteiger charge is 2.17. The molecule has 1 aromatic heterocycles. The summed E-state index contributed by atoms with van der Waals surface area (Å²) in [6.07, 6.45) is 2.21. The summed E-state index contributed by atoms with van der Waals surface area (Å²) in [4.78, 5) is 21.0. The third kappa shape index (κ3) is 4.08. The van der Waals surface area contributed by atoms with Crippen LogP contribution >= 0.6 is 0 Å². The van der Waals surface area contributed by atoms with Crippen LogP contribution in [0, 0.1) is 6.92 Å². The van der Waals surface area contributed by atoms with Crippen LogP contribution < -0.4 is 9.64 Å². The first kappa shape index (κ1) is 15.2. The predicted molar refractivity (Wildman–Crippen MR) is 72.7 cm³/mol. The molecule has 0 radical (unpaired) electrons. The molecular weight excluding hydrogens is 246 g/mol. The summed E-state index contributed by atoms with van der Waals surface area (Å²) in [5.74, 6) is 0.571. The van der Waals surface area contributed by atoms with Gasteiger partial charge < -0.3 is 14.7 Å². The number of anilines is 1. The highest BCUT2D eigenvalue weighted by Crippen LogP contribution is 2.25. The molecule has 6 heteroatoms. The topological polar surface area (TPSA) is 75.6 Å². The SMILES string of the molecule is COc1ncnc(N(CCCC(=O)O)C(C)C)c1C. The first-order valence-corrected chi connectivity index (χ1v) is 6.31. The van der Waals surface area contributed by atoms with Gasteiger partial charge in [0.15, 0.2) is 0 Å². The van der Waals surface area contributed by atoms with Gasteiger partial charge in [-0.1, -0.05) is 0 Å². The number of carboxylic acids is 1. The van der Waals surface area contributed by atoms with Crippen LogP contribution in [0.4, 0.5) is 5.82 Å². The second-order valence-corrected chi connectivity index (χ2v) is 4.62. The van der Waals surface area contributed by atoms with E-state index in [1.54, 1.807) is 7.11 Å². The van der Waals surface area contributed by atoms with E-state index in [4.69, 9.17) is 9.84 Å². The van der Waals surface area contributed by atoms with Gasteiger partial charge in [-0.05, 0) is 27.2 Å². The lowest BCUT2D eigenvalue weighted by Gasteiger charge is -2.29. The molecule has 0 aromatic carbocycles. The van der Waals surface area contributed by atoms with E-state index in [0.717, 1.165) is 11.4 Å². The molecule has 1 aromatic rings. The van der Waals surface area contributed by atoms with Gasteiger partial charge in [0.25, 0.3) is 0 Å². The maximum absolute atomic E-state index is 10.6. The second-order valence-electron chi connectivity index (χ2n) is 4.62. The van der Waals surface area contributed by atoms with Crippen molar-refractivity contribution < 1.29 is 14.6 Å². The Morgan fingerprint density at radius 3 is 2.68 bits per heavy atom. The fourth-order valence-corrected chi connectivity index (χ4v) is 1.93. The summed E-state index contributed by atoms with van der Waals surface area (Å²) >= 11 is 0. The molecule has 0 spiro atoms. The molecule has 0 bridgehead atoms. The third-order valence-electron chi connectivity index (χ3n) is 2.89. The average Bonchev–Trinajstić information content (AvgIpc) is 2.35. The van der Waals surface area contributed by atoms with E-state index in [9.17, 15) is 4.79 Å². The van der Waals surface area contributed by atoms with Crippen LogP contribution in [-0.2, 0) is 4.79 Å². The number of ether oxygens (including phenoxy) is 1. The Hall–Kier alpha value is -1.85. The average molecular weight is 267 g/mol. The standard InChI is InChI=1S/C13H21N3O3/c1-9(2)16(7-5-6-11(17)18)12-10(3)13(19-4)15-8-14-12/h8-9H,5-7H2,1-4H3,(H,17,18). The minimum absolute atomic E-state index is 0.157. The van der Waals surface area contributed by atoms with E-state index in [1.807, 2.05) is 6.92 Å². The summed E-state index contributed by atoms with van der Waals surface area (Å²) in [7, 11) is 1.57. The molecule has 0 aliphatic heterocycles. The molecule has 106 valence electrons. The third-order valence-corrected chi connectivity index (χ3v) is 2.89. The lowest BCUT2D eigenvalue weighted by atomic mass is 10.2. The number of aromatic nitrogens is 2. The van der Waals surface area contributed by atoms with E-state index in [2.05, 4.69) is 28.7 Å². The number of carboxylic acid groups (broad SMARTS) is 1. The Balaban J connectivity index is 2.90. The maximum Gasteiger partial charge on any atom is 0.303 e. The van der Waals surface area contributed by atoms with E-state index < -0.39 is 5.97 Å². The second kappa shape index (κ2) is 6.92. The molecule has 0 aliphatic rings. The van der Waals surface area contributed by atoms with Crippen LogP contribution in [-0.4, -0.2) is 40.7 Å². The molecule has 0 fully saturated rings. The zero-order valence-corrected chi connectivity index (χ0v) is 11.9. The Morgan fingerprint density at radius 2 is 2.16 bits per heavy atom. The van der Waals surface area contributed by atoms with Gasteiger partial charge in [0.1, 0.15) is 12.1 Å². The number of rotatable bonds is 7. The van der Waals surface area contributed by atoms with Gasteiger partial charge in [0.2, 0.25) is 5.88 Å². The maximum atomic E-state index is 10.6. The van der Waals surface area contributed by atoms with Crippen LogP contribution in [0.5, 0.6) is 5.88 Å². The number of methoxy groups -OCH3 is 1. The zero-order valence-electron chi connectivity index (χ0n) is 11.9. The zero-order chi connectivity index (χ0) is 14.4. The van der Waals surface area contributed by atoms with Crippen molar-refractivity contribution in [3.05, 3.63) is 11.9 Å². The predicted octanol–water partition coefficient (Wildman–Crippen LogP) is 1.87. The molecule has 0 saturated carbocycles. The van der Waals surface area contributed by atoms with E-state index in [0.29, 0.717) is 18.8 Å². The Morgan fingerprint density at radius 1 is 1.47 bits per heavy atom. The van der Waals surface area contributed by atoms with Gasteiger partial charge in [0.05, 0.1) is 12.7 Å². The number of hydrogen-bond acceptors (Lipinski definition) is 5. The van der Waals surface area contributed by atoms with Crippen LogP contribution in [0.3, 0.4) is 0 Å². The highest BCUT2D eigenvalue weighted by atomic mass is 16.5. The van der Waals surface area contributed by atoms with Gasteiger partial charge in [0, 0.05) is 19.0 Å². The normalized spacial score (nSPS) is 10.6. The summed E-state index contributed by atoms with van der Waals surface area (Å²) in [6.45, 7) is 6.65. The minimum atomic E-state index is -0.777. The quantitative estimate of drug-likeness (QED) is 0.813. The van der Waals surface area contributed by atoms with Crippen molar-refractivity contribution in [2.24, 2.45) is 0 Å². The monoisotopic (exact) mass is 267 g/mol. The van der Waals surface area contributed by atoms with Gasteiger partial charge >= 0.3 is 5.97 Å². The van der Waals surface area contributed by atoms with Gasteiger partial charge in [-0.3, -0.25) is 4.79 Å². The smallest absolute Gasteiger partial charge is 0.303 e. The summed E-state index contributed by atoms with van der Waals surface area (Å²) in [5, 5.41) is 8.71. The molecule has 19 heavy (non-hydrogen) atoms. The number of nitrogens with zero attached hydrogens (tertiary/aromatic N) is 3. The molecule has 1 heterocycles. The van der Waals surface area contributed by atoms with Crippen molar-refractivity contribution in [1.29, 1.82) is 0 Å². The van der Waals surface area contributed by atoms with Gasteiger partial charge in [-0.25, -0.2) is 9.97 Å². The first-order valence-electron chi connectivity index (χ1n) is 6.31. The summed E-state index contributed by atoms with van der Waals surface area (Å²) in [5.41, 5.74) is 0.869. The Kier molecular flexibility index (Phi) is 5.54. The number of hydrogen-bond donors (Lipinski definition) is 1. The van der Waals surface area contributed by atoms with Crippen molar-refractivity contribution in [3.63, 3.8) is 0 Å². The molecule has 6 nitrogen and oxygen atoms in total. The fourth-order valence-electron chi connectivity index (χ4n) is 1.93. The summed E-state index contributed by atoms with van der Waals surface area (Å²) < 4.78 is 5.19. The molecule has 0 atom stereocenters. The van der Waals surface area contributed by atoms with Crippen LogP contribution in [0.15, 0.2) is 6.33 Å². The lowest BCUT2D eigenvalue weighted by molar-refractivity contribution is -0.137. The largest absolute Gasteiger partial charge is 0.481 e. The highest BCUT2D eigenvalue weighted by molar-refractivity contribution is 5.66. The lowest BCUT2D eigenvalue weighted by Crippen LogP contribution is -2.33. The molecule has 0 unspecified atom stereocenters. The van der Waals surface area contributed by atoms with E-state index >= 15 is 0 Å². The van der Waals surface area contributed by atoms with Crippen molar-refractivity contribution in [3.8, 4) is 5.88 Å². The Bertz CT molecular complexity index is 435. The van der Waals surface area contributed by atoms with Gasteiger partial charge in [-0.2, -0.15) is 0 Å². The number of aliphatic carboxylic acids is 1. The van der Waals surface area contributed by atoms with Crippen LogP contribution in [0.25, 0.3) is 0 Å². The molecule has 0 saturated heterocycles. The van der Waals surface area contributed by atoms with Crippen molar-refractivity contribution in [2.45, 2.75) is 39.7 Å². The molecule has 0 amide bonds. The van der Waals surface area contributed by atoms with Crippen LogP contribution in [0.2, 0.25) is 0 Å². The van der Waals surface area contributed by atoms with Crippen molar-refractivity contribution in [2.75, 3.05) is 18.6 Å². The van der Waals surface area contributed by atoms with Crippen molar-refractivity contribution in [1.82, 2.24) is 9.97 Å². The molecule has 1 rings (SSSR count). The van der Waals surface area contributed by atoms with Crippen LogP contribution in [0.1, 0.15) is 32.3 Å². The number of carbonyl (C=O) groups is 1. The Labute approximate surface area is 113 Å². The van der Waals surface area contributed by atoms with Gasteiger partial charge in [-0.15, -0.1) is 0 Å². The minimum Gasteiger partial charge on any atom is -0.481 e. The summed E-state index contributed by atoms with van der Waals surface area (Å²) in [6, 6.07) is 0.229. The first-order chi connectivity index (χ1) is 8.97. The molecule has 0 aliphatic carbocycles. The fraction of sp³-hybridized carbons (Fsp3) is 0.615. The van der Waals surface area contributed by atoms with E-state index in [1.165, 1.54) is 6.33 Å². The van der Waals surface area contributed by atoms with E-state index in [-0.39, 0.29) is 12.5 Å². The molecule has 1 N–H and O–H groups in total. The molecular formula is C13H21N3O3. The van der Waals surface area contributed by atoms with Crippen molar-refractivity contribution >= 4 is 11.8 Å².